The minimum atomic E-state index is -0.158. The van der Waals surface area contributed by atoms with Gasteiger partial charge in [-0.3, -0.25) is 19.3 Å². The number of carbonyl (C=O) groups excluding carboxylic acids is 3. The number of alkyl halides is 2. The van der Waals surface area contributed by atoms with Crippen molar-refractivity contribution in [3.8, 4) is 5.75 Å². The van der Waals surface area contributed by atoms with Crippen molar-refractivity contribution in [1.82, 2.24) is 4.90 Å². The number of unbranched alkanes of at least 4 members (excludes halogenated alkanes) is 2. The number of nitrogens with one attached hydrogen (secondary N) is 1. The molecule has 31 heavy (non-hydrogen) atoms. The van der Waals surface area contributed by atoms with Crippen LogP contribution < -0.4 is 10.1 Å². The van der Waals surface area contributed by atoms with E-state index in [4.69, 9.17) is 16.3 Å². The molecule has 2 saturated carbocycles. The summed E-state index contributed by atoms with van der Waals surface area (Å²) in [6.07, 6.45) is 3.44. The molecule has 0 radical (unpaired) electrons. The van der Waals surface area contributed by atoms with Gasteiger partial charge in [0.05, 0.1) is 24.6 Å². The van der Waals surface area contributed by atoms with E-state index < -0.39 is 0 Å². The molecule has 0 aromatic heterocycles. The van der Waals surface area contributed by atoms with Crippen LogP contribution in [0.2, 0.25) is 5.02 Å². The molecule has 1 N–H and O–H groups in total. The Morgan fingerprint density at radius 2 is 1.77 bits per heavy atom. The predicted octanol–water partition coefficient (Wildman–Crippen LogP) is 4.63. The standard InChI is InChI=1S/C22H25Br2ClN2O4/c1-31-15-7-6-11(25)9-14(15)26-16(28)5-3-2-4-8-27-21(29)17-12-10-13(18(17)22(27)30)20(24)19(12)23/h6-7,9,12-13,17-20H,2-5,8,10H2,1H3,(H,26,28)/t12-,13-,17-,18+,19-,20+/m0/s1. The van der Waals surface area contributed by atoms with Crippen LogP contribution in [0.1, 0.15) is 32.1 Å². The first-order chi connectivity index (χ1) is 14.8. The highest BCUT2D eigenvalue weighted by atomic mass is 79.9. The van der Waals surface area contributed by atoms with Crippen molar-refractivity contribution in [2.24, 2.45) is 23.7 Å². The molecule has 0 spiro atoms. The van der Waals surface area contributed by atoms with Gasteiger partial charge in [0.1, 0.15) is 5.75 Å². The molecule has 3 amide bonds. The first-order valence-electron chi connectivity index (χ1n) is 10.6. The van der Waals surface area contributed by atoms with Crippen molar-refractivity contribution in [2.75, 3.05) is 19.0 Å². The molecule has 2 aliphatic carbocycles. The molecule has 6 nitrogen and oxygen atoms in total. The fraction of sp³-hybridized carbons (Fsp3) is 0.591. The number of hydrogen-bond donors (Lipinski definition) is 1. The van der Waals surface area contributed by atoms with E-state index in [-0.39, 0.29) is 51.0 Å². The molecular formula is C22H25Br2ClN2O4. The lowest BCUT2D eigenvalue weighted by Crippen LogP contribution is -2.37. The van der Waals surface area contributed by atoms with Gasteiger partial charge in [0.15, 0.2) is 0 Å². The van der Waals surface area contributed by atoms with Gasteiger partial charge in [0.25, 0.3) is 0 Å². The number of carbonyl (C=O) groups is 3. The quantitative estimate of drug-likeness (QED) is 0.278. The first-order valence-corrected chi connectivity index (χ1v) is 12.8. The molecule has 9 heteroatoms. The Hall–Kier alpha value is -1.12. The summed E-state index contributed by atoms with van der Waals surface area (Å²) < 4.78 is 5.24. The average Bonchev–Trinajstić information content (AvgIpc) is 3.34. The molecule has 1 aromatic rings. The van der Waals surface area contributed by atoms with Gasteiger partial charge in [0.2, 0.25) is 17.7 Å². The fourth-order valence-electron chi connectivity index (χ4n) is 5.35. The number of amides is 3. The van der Waals surface area contributed by atoms with Gasteiger partial charge < -0.3 is 10.1 Å². The molecule has 3 fully saturated rings. The van der Waals surface area contributed by atoms with E-state index in [2.05, 4.69) is 37.2 Å². The molecule has 6 atom stereocenters. The molecule has 1 heterocycles. The second kappa shape index (κ2) is 9.40. The number of methoxy groups -OCH3 is 1. The van der Waals surface area contributed by atoms with Crippen molar-refractivity contribution in [2.45, 2.75) is 41.8 Å². The third-order valence-corrected chi connectivity index (χ3v) is 10.2. The van der Waals surface area contributed by atoms with Gasteiger partial charge >= 0.3 is 0 Å². The maximum Gasteiger partial charge on any atom is 0.233 e. The highest BCUT2D eigenvalue weighted by molar-refractivity contribution is 9.12. The van der Waals surface area contributed by atoms with Crippen LogP contribution in [0.5, 0.6) is 5.75 Å². The number of fused-ring (bicyclic) bond motifs is 5. The summed E-state index contributed by atoms with van der Waals surface area (Å²) in [5, 5.41) is 3.34. The molecule has 1 saturated heterocycles. The van der Waals surface area contributed by atoms with Crippen LogP contribution in [-0.4, -0.2) is 45.9 Å². The number of likely N-dealkylation sites (tertiary alicyclic amines) is 1. The number of benzene rings is 1. The Balaban J connectivity index is 1.22. The van der Waals surface area contributed by atoms with Gasteiger partial charge in [-0.25, -0.2) is 0 Å². The molecule has 0 unspecified atom stereocenters. The van der Waals surface area contributed by atoms with Gasteiger partial charge in [-0.15, -0.1) is 0 Å². The van der Waals surface area contributed by atoms with Gasteiger partial charge in [-0.1, -0.05) is 49.9 Å². The second-order valence-electron chi connectivity index (χ2n) is 8.54. The fourth-order valence-corrected chi connectivity index (χ4v) is 7.40. The van der Waals surface area contributed by atoms with Crippen LogP contribution in [0.25, 0.3) is 0 Å². The summed E-state index contributed by atoms with van der Waals surface area (Å²) in [5.41, 5.74) is 0.546. The van der Waals surface area contributed by atoms with Crippen molar-refractivity contribution >= 4 is 66.9 Å². The Morgan fingerprint density at radius 1 is 1.13 bits per heavy atom. The maximum atomic E-state index is 12.9. The van der Waals surface area contributed by atoms with E-state index >= 15 is 0 Å². The lowest BCUT2D eigenvalue weighted by Gasteiger charge is -2.28. The predicted molar refractivity (Wildman–Crippen MR) is 126 cm³/mol. The van der Waals surface area contributed by atoms with Crippen molar-refractivity contribution in [3.05, 3.63) is 23.2 Å². The smallest absolute Gasteiger partial charge is 0.233 e. The molecule has 3 aliphatic rings. The van der Waals surface area contributed by atoms with E-state index in [0.717, 1.165) is 12.8 Å². The zero-order valence-corrected chi connectivity index (χ0v) is 21.1. The van der Waals surface area contributed by atoms with Crippen LogP contribution in [0.3, 0.4) is 0 Å². The highest BCUT2D eigenvalue weighted by Gasteiger charge is 2.66. The zero-order chi connectivity index (χ0) is 22.3. The molecule has 2 bridgehead atoms. The molecule has 4 rings (SSSR count). The largest absolute Gasteiger partial charge is 0.495 e. The number of halogens is 3. The third-order valence-electron chi connectivity index (χ3n) is 6.80. The molecular weight excluding hydrogens is 552 g/mol. The van der Waals surface area contributed by atoms with E-state index in [1.165, 1.54) is 12.0 Å². The van der Waals surface area contributed by atoms with Gasteiger partial charge in [-0.2, -0.15) is 0 Å². The summed E-state index contributed by atoms with van der Waals surface area (Å²) in [6, 6.07) is 5.06. The monoisotopic (exact) mass is 574 g/mol. The molecule has 168 valence electrons. The Bertz CT molecular complexity index is 866. The number of anilines is 1. The van der Waals surface area contributed by atoms with Gasteiger partial charge in [-0.05, 0) is 49.3 Å². The van der Waals surface area contributed by atoms with Gasteiger partial charge in [0, 0.05) is 27.6 Å². The molecule has 1 aromatic carbocycles. The van der Waals surface area contributed by atoms with Crippen molar-refractivity contribution in [3.63, 3.8) is 0 Å². The minimum Gasteiger partial charge on any atom is -0.495 e. The van der Waals surface area contributed by atoms with E-state index in [0.29, 0.717) is 42.3 Å². The summed E-state index contributed by atoms with van der Waals surface area (Å²) in [4.78, 5) is 40.0. The van der Waals surface area contributed by atoms with Crippen LogP contribution >= 0.6 is 43.5 Å². The Morgan fingerprint density at radius 3 is 2.39 bits per heavy atom. The number of hydrogen-bond acceptors (Lipinski definition) is 4. The Kier molecular flexibility index (Phi) is 6.99. The summed E-state index contributed by atoms with van der Waals surface area (Å²) >= 11 is 13.4. The highest BCUT2D eigenvalue weighted by Crippen LogP contribution is 2.60. The van der Waals surface area contributed by atoms with Crippen LogP contribution in [0.15, 0.2) is 18.2 Å². The third kappa shape index (κ3) is 4.27. The number of ether oxygens (including phenoxy) is 1. The number of imide groups is 1. The summed E-state index contributed by atoms with van der Waals surface area (Å²) in [6.45, 7) is 0.438. The number of nitrogens with zero attached hydrogens (tertiary/aromatic N) is 1. The topological polar surface area (TPSA) is 75.7 Å². The van der Waals surface area contributed by atoms with E-state index in [1.54, 1.807) is 18.2 Å². The lowest BCUT2D eigenvalue weighted by atomic mass is 9.81. The van der Waals surface area contributed by atoms with Crippen LogP contribution in [-0.2, 0) is 14.4 Å². The average molecular weight is 577 g/mol. The van der Waals surface area contributed by atoms with Crippen molar-refractivity contribution in [1.29, 1.82) is 0 Å². The summed E-state index contributed by atoms with van der Waals surface area (Å²) in [5.74, 6) is 0.602. The van der Waals surface area contributed by atoms with Crippen LogP contribution in [0.4, 0.5) is 5.69 Å². The normalized spacial score (nSPS) is 31.3. The van der Waals surface area contributed by atoms with Crippen LogP contribution in [0, 0.1) is 23.7 Å². The summed E-state index contributed by atoms with van der Waals surface area (Å²) in [7, 11) is 1.54. The van der Waals surface area contributed by atoms with Crippen molar-refractivity contribution < 1.29 is 19.1 Å². The van der Waals surface area contributed by atoms with E-state index in [1.807, 2.05) is 0 Å². The Labute approximate surface area is 203 Å². The van der Waals surface area contributed by atoms with E-state index in [9.17, 15) is 14.4 Å². The lowest BCUT2D eigenvalue weighted by molar-refractivity contribution is -0.140. The maximum absolute atomic E-state index is 12.9. The zero-order valence-electron chi connectivity index (χ0n) is 17.2. The number of rotatable bonds is 8. The second-order valence-corrected chi connectivity index (χ2v) is 11.1. The molecule has 1 aliphatic heterocycles. The SMILES string of the molecule is COc1ccc(Cl)cc1NC(=O)CCCCCN1C(=O)[C@@H]2[C@@H]3C[C@H]([C@H](Br)[C@@H]3Br)[C@@H]2C1=O. The first kappa shape index (κ1) is 23.1. The minimum absolute atomic E-state index is 0.00264.